The highest BCUT2D eigenvalue weighted by atomic mass is 17.3. The summed E-state index contributed by atoms with van der Waals surface area (Å²) < 4.78 is 5.08. The largest absolute Gasteiger partial charge is 0.375 e. The topological polar surface area (TPSA) is 80.3 Å². The van der Waals surface area contributed by atoms with Gasteiger partial charge in [0, 0.05) is 6.61 Å². The second-order valence-corrected chi connectivity index (χ2v) is 6.73. The summed E-state index contributed by atoms with van der Waals surface area (Å²) in [6.07, 6.45) is 3.52. The van der Waals surface area contributed by atoms with Crippen LogP contribution in [0.25, 0.3) is 0 Å². The first-order valence-corrected chi connectivity index (χ1v) is 10.3. The fourth-order valence-electron chi connectivity index (χ4n) is 2.67. The Kier molecular flexibility index (Phi) is 10.7. The van der Waals surface area contributed by atoms with Gasteiger partial charge in [0.05, 0.1) is 11.1 Å². The molecule has 0 bridgehead atoms. The summed E-state index contributed by atoms with van der Waals surface area (Å²) in [4.78, 5) is 43.7. The summed E-state index contributed by atoms with van der Waals surface area (Å²) in [5, 5.41) is 0. The number of carbonyl (C=O) groups is 2. The van der Waals surface area contributed by atoms with E-state index >= 15 is 0 Å². The first-order valence-electron chi connectivity index (χ1n) is 10.3. The number of carbonyl (C=O) groups excluding carboxylic acids is 2. The zero-order valence-electron chi connectivity index (χ0n) is 17.9. The molecule has 0 aliphatic carbocycles. The van der Waals surface area contributed by atoms with Crippen molar-refractivity contribution >= 4 is 11.9 Å². The number of hydrogen-bond acceptors (Lipinski definition) is 7. The Hall–Kier alpha value is -2.74. The van der Waals surface area contributed by atoms with E-state index in [-0.39, 0.29) is 19.5 Å². The van der Waals surface area contributed by atoms with Crippen LogP contribution >= 0.6 is 0 Å². The number of ether oxygens (including phenoxy) is 1. The number of aryl methyl sites for hydroxylation is 2. The van der Waals surface area contributed by atoms with Crippen molar-refractivity contribution in [2.45, 2.75) is 39.5 Å². The number of rotatable bonds is 13. The second-order valence-electron chi connectivity index (χ2n) is 6.73. The van der Waals surface area contributed by atoms with Gasteiger partial charge in [-0.2, -0.15) is 0 Å². The third-order valence-electron chi connectivity index (χ3n) is 4.24. The average molecular weight is 428 g/mol. The second kappa shape index (κ2) is 13.5. The van der Waals surface area contributed by atoms with Gasteiger partial charge < -0.3 is 4.74 Å². The van der Waals surface area contributed by atoms with Gasteiger partial charge in [0.25, 0.3) is 0 Å². The van der Waals surface area contributed by atoms with Crippen LogP contribution in [-0.2, 0) is 37.1 Å². The van der Waals surface area contributed by atoms with Gasteiger partial charge in [-0.25, -0.2) is 9.59 Å². The van der Waals surface area contributed by atoms with Crippen LogP contribution in [0.2, 0.25) is 0 Å². The van der Waals surface area contributed by atoms with Gasteiger partial charge in [0.15, 0.2) is 0 Å². The molecular formula is C24H28O7. The number of benzene rings is 2. The minimum absolute atomic E-state index is 0.107. The molecule has 2 radical (unpaired) electrons. The quantitative estimate of drug-likeness (QED) is 0.335. The van der Waals surface area contributed by atoms with Gasteiger partial charge in [-0.3, -0.25) is 9.78 Å². The Morgan fingerprint density at radius 2 is 1.13 bits per heavy atom. The van der Waals surface area contributed by atoms with E-state index < -0.39 is 11.9 Å². The maximum absolute atomic E-state index is 12.2. The highest BCUT2D eigenvalue weighted by Gasteiger charge is 2.22. The smallest absolute Gasteiger partial charge is 0.373 e. The van der Waals surface area contributed by atoms with Gasteiger partial charge in [-0.05, 0) is 55.2 Å². The predicted octanol–water partition coefficient (Wildman–Crippen LogP) is 4.81. The average Bonchev–Trinajstić information content (AvgIpc) is 2.79. The van der Waals surface area contributed by atoms with Gasteiger partial charge >= 0.3 is 18.2 Å². The lowest BCUT2D eigenvalue weighted by Crippen LogP contribution is -2.20. The summed E-state index contributed by atoms with van der Waals surface area (Å²) in [5.41, 5.74) is 2.85. The van der Waals surface area contributed by atoms with Gasteiger partial charge in [0.1, 0.15) is 6.61 Å². The van der Waals surface area contributed by atoms with Crippen LogP contribution in [0, 0.1) is 13.2 Å². The molecule has 0 aliphatic rings. The van der Waals surface area contributed by atoms with E-state index in [0.717, 1.165) is 36.8 Å². The first-order chi connectivity index (χ1) is 15.1. The lowest BCUT2D eigenvalue weighted by Gasteiger charge is -2.13. The summed E-state index contributed by atoms with van der Waals surface area (Å²) in [7, 11) is 0. The molecule has 0 N–H and O–H groups in total. The molecule has 2 aromatic carbocycles. The van der Waals surface area contributed by atoms with Crippen molar-refractivity contribution in [3.05, 3.63) is 84.0 Å². The lowest BCUT2D eigenvalue weighted by atomic mass is 10.1. The summed E-state index contributed by atoms with van der Waals surface area (Å²) in [6, 6.07) is 14.0. The minimum atomic E-state index is -0.725. The van der Waals surface area contributed by atoms with Crippen LogP contribution in [0.1, 0.15) is 58.5 Å². The van der Waals surface area contributed by atoms with E-state index in [4.69, 9.17) is 24.3 Å². The predicted molar refractivity (Wildman–Crippen MR) is 113 cm³/mol. The molecule has 0 amide bonds. The molecule has 166 valence electrons. The molecule has 2 aromatic rings. The molecule has 0 atom stereocenters. The van der Waals surface area contributed by atoms with Crippen molar-refractivity contribution in [1.82, 2.24) is 0 Å². The molecule has 0 saturated carbocycles. The highest BCUT2D eigenvalue weighted by molar-refractivity contribution is 5.89. The fraction of sp³-hybridized carbons (Fsp3) is 0.333. The molecule has 0 saturated heterocycles. The third-order valence-corrected chi connectivity index (χ3v) is 4.24. The first kappa shape index (κ1) is 24.5. The Balaban J connectivity index is 1.87. The van der Waals surface area contributed by atoms with Crippen LogP contribution in [0.5, 0.6) is 0 Å². The molecule has 0 spiro atoms. The zero-order valence-corrected chi connectivity index (χ0v) is 17.9. The monoisotopic (exact) mass is 428 g/mol. The fourth-order valence-corrected chi connectivity index (χ4v) is 2.67. The maximum atomic E-state index is 12.2. The summed E-state index contributed by atoms with van der Waals surface area (Å²) in [5.74, 6) is -1.45. The van der Waals surface area contributed by atoms with E-state index in [1.165, 1.54) is 0 Å². The van der Waals surface area contributed by atoms with Crippen LogP contribution in [-0.4, -0.2) is 25.2 Å². The Morgan fingerprint density at radius 1 is 0.710 bits per heavy atom. The molecule has 7 nitrogen and oxygen atoms in total. The van der Waals surface area contributed by atoms with E-state index in [2.05, 4.69) is 20.8 Å². The van der Waals surface area contributed by atoms with Crippen molar-refractivity contribution in [3.63, 3.8) is 0 Å². The van der Waals surface area contributed by atoms with Crippen molar-refractivity contribution < 1.29 is 33.9 Å². The molecule has 0 unspecified atom stereocenters. The standard InChI is InChI=1S/C24H28O7/c1-4-7-18-9-13-20(14-10-18)23(25)30-28-22(17-27-6-3)29-31-24(26)21-15-11-19(8-5-2)12-16-21/h9-16H,3-8,17H2,1-2H3. The number of hydrogen-bond donors (Lipinski definition) is 0. The van der Waals surface area contributed by atoms with Crippen LogP contribution in [0.3, 0.4) is 0 Å². The Bertz CT molecular complexity index is 734. The normalized spacial score (nSPS) is 10.8. The molecular weight excluding hydrogens is 400 g/mol. The summed E-state index contributed by atoms with van der Waals surface area (Å²) in [6.45, 7) is 7.55. The highest BCUT2D eigenvalue weighted by Crippen LogP contribution is 2.14. The molecule has 0 aromatic heterocycles. The van der Waals surface area contributed by atoms with Crippen LogP contribution < -0.4 is 0 Å². The van der Waals surface area contributed by atoms with Crippen LogP contribution in [0.4, 0.5) is 0 Å². The zero-order chi connectivity index (χ0) is 22.5. The van der Waals surface area contributed by atoms with E-state index in [1.54, 1.807) is 24.3 Å². The van der Waals surface area contributed by atoms with Crippen molar-refractivity contribution in [3.8, 4) is 0 Å². The molecule has 2 rings (SSSR count). The molecule has 0 heterocycles. The third kappa shape index (κ3) is 8.49. The minimum Gasteiger partial charge on any atom is -0.375 e. The molecule has 0 fully saturated rings. The van der Waals surface area contributed by atoms with E-state index in [1.807, 2.05) is 24.3 Å². The molecule has 0 aliphatic heterocycles. The molecule has 7 heteroatoms. The van der Waals surface area contributed by atoms with Crippen LogP contribution in [0.15, 0.2) is 48.5 Å². The van der Waals surface area contributed by atoms with E-state index in [0.29, 0.717) is 11.1 Å². The van der Waals surface area contributed by atoms with Crippen molar-refractivity contribution in [2.75, 3.05) is 13.2 Å². The SMILES string of the molecule is [CH2]COC[C](OOC(=O)c1ccc(CCC)cc1)OOC(=O)c1ccc(CCC)cc1. The Labute approximate surface area is 183 Å². The van der Waals surface area contributed by atoms with Crippen molar-refractivity contribution in [1.29, 1.82) is 0 Å². The van der Waals surface area contributed by atoms with E-state index in [9.17, 15) is 9.59 Å². The van der Waals surface area contributed by atoms with Gasteiger partial charge in [-0.15, -0.1) is 9.78 Å². The maximum Gasteiger partial charge on any atom is 0.373 e. The van der Waals surface area contributed by atoms with Crippen molar-refractivity contribution in [2.24, 2.45) is 0 Å². The molecule has 31 heavy (non-hydrogen) atoms. The summed E-state index contributed by atoms with van der Waals surface area (Å²) >= 11 is 0. The Morgan fingerprint density at radius 3 is 1.48 bits per heavy atom. The lowest BCUT2D eigenvalue weighted by molar-refractivity contribution is -0.368. The van der Waals surface area contributed by atoms with Gasteiger partial charge in [0.2, 0.25) is 0 Å². The van der Waals surface area contributed by atoms with Gasteiger partial charge in [-0.1, -0.05) is 51.0 Å².